The molecule has 0 radical (unpaired) electrons. The van der Waals surface area contributed by atoms with Crippen LogP contribution in [0.1, 0.15) is 33.6 Å². The zero-order valence-corrected chi connectivity index (χ0v) is 17.5. The minimum absolute atomic E-state index is 0.0249. The molecule has 7 heteroatoms. The van der Waals surface area contributed by atoms with Crippen LogP contribution < -0.4 is 14.8 Å². The molecule has 1 aliphatic rings. The zero-order valence-electron chi connectivity index (χ0n) is 17.5. The van der Waals surface area contributed by atoms with E-state index in [4.69, 9.17) is 14.2 Å². The maximum absolute atomic E-state index is 12.9. The van der Waals surface area contributed by atoms with Crippen LogP contribution in [0, 0.1) is 0 Å². The van der Waals surface area contributed by atoms with Crippen molar-refractivity contribution in [1.82, 2.24) is 4.90 Å². The van der Waals surface area contributed by atoms with Crippen LogP contribution in [-0.2, 0) is 4.74 Å². The lowest BCUT2D eigenvalue weighted by Gasteiger charge is -2.26. The van der Waals surface area contributed by atoms with E-state index in [0.717, 1.165) is 39.3 Å². The molecule has 1 fully saturated rings. The number of hydrogen-bond acceptors (Lipinski definition) is 6. The Kier molecular flexibility index (Phi) is 7.82. The molecule has 3 rings (SSSR count). The summed E-state index contributed by atoms with van der Waals surface area (Å²) in [5.41, 5.74) is 1.28. The first kappa shape index (κ1) is 21.8. The Labute approximate surface area is 176 Å². The summed E-state index contributed by atoms with van der Waals surface area (Å²) in [6.07, 6.45) is 1.14. The molecule has 1 aliphatic heterocycles. The van der Waals surface area contributed by atoms with Gasteiger partial charge in [-0.05, 0) is 43.3 Å². The number of carbonyl (C=O) groups is 2. The van der Waals surface area contributed by atoms with Crippen molar-refractivity contribution in [3.8, 4) is 11.5 Å². The molecule has 30 heavy (non-hydrogen) atoms. The summed E-state index contributed by atoms with van der Waals surface area (Å²) in [6.45, 7) is 4.13. The summed E-state index contributed by atoms with van der Waals surface area (Å²) >= 11 is 0. The van der Waals surface area contributed by atoms with Crippen LogP contribution in [0.3, 0.4) is 0 Å². The molecule has 0 bridgehead atoms. The summed E-state index contributed by atoms with van der Waals surface area (Å²) in [4.78, 5) is 28.0. The number of hydrogen-bond donors (Lipinski definition) is 1. The molecule has 1 heterocycles. The summed E-state index contributed by atoms with van der Waals surface area (Å²) in [7, 11) is 3.06. The molecule has 2 aromatic rings. The lowest BCUT2D eigenvalue weighted by molar-refractivity contribution is 0.0371. The summed E-state index contributed by atoms with van der Waals surface area (Å²) in [5.74, 6) is 0.677. The summed E-state index contributed by atoms with van der Waals surface area (Å²) in [5, 5.41) is 2.85. The Bertz CT molecular complexity index is 878. The van der Waals surface area contributed by atoms with Crippen LogP contribution in [-0.4, -0.2) is 63.7 Å². The highest BCUT2D eigenvalue weighted by molar-refractivity contribution is 6.10. The number of ketones is 1. The maximum atomic E-state index is 12.9. The van der Waals surface area contributed by atoms with Crippen molar-refractivity contribution >= 4 is 17.4 Å². The lowest BCUT2D eigenvalue weighted by atomic mass is 10.0. The molecule has 0 unspecified atom stereocenters. The van der Waals surface area contributed by atoms with Gasteiger partial charge in [-0.1, -0.05) is 12.1 Å². The van der Waals surface area contributed by atoms with E-state index in [-0.39, 0.29) is 11.7 Å². The molecule has 1 amide bonds. The Morgan fingerprint density at radius 2 is 1.83 bits per heavy atom. The number of nitrogens with one attached hydrogen (secondary N) is 1. The topological polar surface area (TPSA) is 77.1 Å². The first-order valence-electron chi connectivity index (χ1n) is 10.1. The minimum atomic E-state index is -0.333. The van der Waals surface area contributed by atoms with E-state index in [1.54, 1.807) is 49.6 Å². The normalized spacial score (nSPS) is 14.2. The zero-order chi connectivity index (χ0) is 21.3. The number of anilines is 1. The smallest absolute Gasteiger partial charge is 0.255 e. The van der Waals surface area contributed by atoms with Crippen LogP contribution in [0.2, 0.25) is 0 Å². The number of nitrogens with zero attached hydrogens (tertiary/aromatic N) is 1. The first-order chi connectivity index (χ1) is 14.6. The second-order valence-corrected chi connectivity index (χ2v) is 7.05. The molecule has 7 nitrogen and oxygen atoms in total. The van der Waals surface area contributed by atoms with Gasteiger partial charge < -0.3 is 19.5 Å². The third-order valence-electron chi connectivity index (χ3n) is 5.10. The van der Waals surface area contributed by atoms with E-state index in [2.05, 4.69) is 10.2 Å². The number of para-hydroxylation sites is 1. The molecule has 0 aromatic heterocycles. The van der Waals surface area contributed by atoms with Crippen LogP contribution in [0.4, 0.5) is 5.69 Å². The Morgan fingerprint density at radius 3 is 2.57 bits per heavy atom. The Balaban J connectivity index is 1.71. The van der Waals surface area contributed by atoms with Gasteiger partial charge in [-0.2, -0.15) is 0 Å². The predicted molar refractivity (Wildman–Crippen MR) is 115 cm³/mol. The van der Waals surface area contributed by atoms with E-state index in [0.29, 0.717) is 34.7 Å². The lowest BCUT2D eigenvalue weighted by Crippen LogP contribution is -2.36. The molecule has 1 saturated heterocycles. The van der Waals surface area contributed by atoms with Gasteiger partial charge in [0.05, 0.1) is 33.1 Å². The first-order valence-corrected chi connectivity index (χ1v) is 10.1. The quantitative estimate of drug-likeness (QED) is 0.637. The van der Waals surface area contributed by atoms with Crippen molar-refractivity contribution in [2.24, 2.45) is 0 Å². The standard InChI is InChI=1S/C23H28N2O5/c1-28-18-7-3-6-17(16-18)23(27)24-22-19(8-4-10-21(22)29-2)20(26)9-5-11-25-12-14-30-15-13-25/h3-4,6-8,10,16H,5,9,11-15H2,1-2H3,(H,24,27). The predicted octanol–water partition coefficient (Wildman–Crippen LogP) is 3.25. The fourth-order valence-electron chi connectivity index (χ4n) is 3.44. The highest BCUT2D eigenvalue weighted by atomic mass is 16.5. The molecule has 0 atom stereocenters. The van der Waals surface area contributed by atoms with E-state index < -0.39 is 0 Å². The van der Waals surface area contributed by atoms with E-state index in [1.807, 2.05) is 0 Å². The Hall–Kier alpha value is -2.90. The SMILES string of the molecule is COc1cccc(C(=O)Nc2c(OC)cccc2C(=O)CCCN2CCOCC2)c1. The Morgan fingerprint density at radius 1 is 1.07 bits per heavy atom. The van der Waals surface area contributed by atoms with Gasteiger partial charge in [0.2, 0.25) is 0 Å². The van der Waals surface area contributed by atoms with E-state index in [1.165, 1.54) is 7.11 Å². The molecular weight excluding hydrogens is 384 g/mol. The van der Waals surface area contributed by atoms with Crippen LogP contribution in [0.15, 0.2) is 42.5 Å². The third kappa shape index (κ3) is 5.58. The third-order valence-corrected chi connectivity index (χ3v) is 5.10. The average Bonchev–Trinajstić information content (AvgIpc) is 2.79. The fraction of sp³-hybridized carbons (Fsp3) is 0.391. The molecule has 0 spiro atoms. The second kappa shape index (κ2) is 10.8. The largest absolute Gasteiger partial charge is 0.497 e. The van der Waals surface area contributed by atoms with Gasteiger partial charge in [-0.15, -0.1) is 0 Å². The molecular formula is C23H28N2O5. The van der Waals surface area contributed by atoms with Crippen LogP contribution >= 0.6 is 0 Å². The minimum Gasteiger partial charge on any atom is -0.497 e. The van der Waals surface area contributed by atoms with Crippen molar-refractivity contribution < 1.29 is 23.8 Å². The van der Waals surface area contributed by atoms with Crippen LogP contribution in [0.5, 0.6) is 11.5 Å². The second-order valence-electron chi connectivity index (χ2n) is 7.05. The number of methoxy groups -OCH3 is 2. The highest BCUT2D eigenvalue weighted by Gasteiger charge is 2.19. The van der Waals surface area contributed by atoms with Crippen LogP contribution in [0.25, 0.3) is 0 Å². The van der Waals surface area contributed by atoms with Gasteiger partial charge in [0, 0.05) is 30.6 Å². The number of Topliss-reactive ketones (excluding diaryl/α,β-unsaturated/α-hetero) is 1. The summed E-state index contributed by atoms with van der Waals surface area (Å²) < 4.78 is 15.9. The van der Waals surface area contributed by atoms with Crippen molar-refractivity contribution in [3.63, 3.8) is 0 Å². The van der Waals surface area contributed by atoms with Crippen molar-refractivity contribution in [2.45, 2.75) is 12.8 Å². The molecule has 0 aliphatic carbocycles. The van der Waals surface area contributed by atoms with Gasteiger partial charge in [0.15, 0.2) is 5.78 Å². The maximum Gasteiger partial charge on any atom is 0.255 e. The number of morpholine rings is 1. The van der Waals surface area contributed by atoms with Gasteiger partial charge in [-0.25, -0.2) is 0 Å². The number of amides is 1. The molecule has 2 aromatic carbocycles. The van der Waals surface area contributed by atoms with Crippen molar-refractivity contribution in [2.75, 3.05) is 52.4 Å². The molecule has 0 saturated carbocycles. The van der Waals surface area contributed by atoms with Gasteiger partial charge in [0.1, 0.15) is 11.5 Å². The number of carbonyl (C=O) groups excluding carboxylic acids is 2. The summed E-state index contributed by atoms with van der Waals surface area (Å²) in [6, 6.07) is 12.1. The highest BCUT2D eigenvalue weighted by Crippen LogP contribution is 2.30. The molecule has 1 N–H and O–H groups in total. The van der Waals surface area contributed by atoms with Gasteiger partial charge >= 0.3 is 0 Å². The fourth-order valence-corrected chi connectivity index (χ4v) is 3.44. The van der Waals surface area contributed by atoms with Crippen molar-refractivity contribution in [3.05, 3.63) is 53.6 Å². The van der Waals surface area contributed by atoms with E-state index in [9.17, 15) is 9.59 Å². The number of ether oxygens (including phenoxy) is 3. The van der Waals surface area contributed by atoms with Crippen molar-refractivity contribution in [1.29, 1.82) is 0 Å². The van der Waals surface area contributed by atoms with E-state index >= 15 is 0 Å². The monoisotopic (exact) mass is 412 g/mol. The number of rotatable bonds is 9. The van der Waals surface area contributed by atoms with Gasteiger partial charge in [-0.3, -0.25) is 14.5 Å². The van der Waals surface area contributed by atoms with Gasteiger partial charge in [0.25, 0.3) is 5.91 Å². The molecule has 160 valence electrons. The average molecular weight is 412 g/mol. The number of benzene rings is 2.